The molecule has 1 heterocycles. The van der Waals surface area contributed by atoms with Crippen molar-refractivity contribution < 1.29 is 4.79 Å². The van der Waals surface area contributed by atoms with Crippen LogP contribution in [0.3, 0.4) is 0 Å². The van der Waals surface area contributed by atoms with Gasteiger partial charge in [-0.2, -0.15) is 0 Å². The number of hydrogen-bond donors (Lipinski definition) is 1. The molecule has 0 spiro atoms. The van der Waals surface area contributed by atoms with E-state index in [-0.39, 0.29) is 11.9 Å². The molecule has 0 bridgehead atoms. The second kappa shape index (κ2) is 3.83. The predicted molar refractivity (Wildman–Crippen MR) is 59.6 cm³/mol. The number of amides is 1. The highest BCUT2D eigenvalue weighted by Gasteiger charge is 2.27. The molecule has 0 saturated heterocycles. The van der Waals surface area contributed by atoms with Gasteiger partial charge in [0.2, 0.25) is 5.91 Å². The maximum absolute atomic E-state index is 11.2. The van der Waals surface area contributed by atoms with Crippen LogP contribution in [-0.4, -0.2) is 23.9 Å². The molecule has 2 rings (SSSR count). The molecule has 1 unspecified atom stereocenters. The van der Waals surface area contributed by atoms with Crippen molar-refractivity contribution in [3.63, 3.8) is 0 Å². The van der Waals surface area contributed by atoms with Crippen LogP contribution >= 0.6 is 11.6 Å². The van der Waals surface area contributed by atoms with Gasteiger partial charge in [0.1, 0.15) is 0 Å². The molecule has 1 atom stereocenters. The average molecular weight is 225 g/mol. The third-order valence-corrected chi connectivity index (χ3v) is 3.10. The van der Waals surface area contributed by atoms with Crippen molar-refractivity contribution in [1.29, 1.82) is 0 Å². The largest absolute Gasteiger partial charge is 0.368 e. The fourth-order valence-corrected chi connectivity index (χ4v) is 2.20. The van der Waals surface area contributed by atoms with Crippen LogP contribution in [0.2, 0.25) is 5.02 Å². The summed E-state index contributed by atoms with van der Waals surface area (Å²) in [5.74, 6) is -0.266. The van der Waals surface area contributed by atoms with Crippen molar-refractivity contribution in [3.05, 3.63) is 34.3 Å². The number of primary amides is 1. The van der Waals surface area contributed by atoms with Gasteiger partial charge in [-0.05, 0) is 36.7 Å². The average Bonchev–Trinajstić information content (AvgIpc) is 2.15. The zero-order chi connectivity index (χ0) is 11.0. The molecule has 0 aliphatic carbocycles. The Hall–Kier alpha value is -1.06. The third-order valence-electron chi connectivity index (χ3n) is 2.86. The summed E-state index contributed by atoms with van der Waals surface area (Å²) in [6, 6.07) is 5.58. The molecule has 1 aromatic rings. The van der Waals surface area contributed by atoms with E-state index >= 15 is 0 Å². The number of halogens is 1. The minimum atomic E-state index is -0.266. The Morgan fingerprint density at radius 2 is 2.27 bits per heavy atom. The van der Waals surface area contributed by atoms with Crippen LogP contribution < -0.4 is 5.73 Å². The molecule has 1 aliphatic rings. The van der Waals surface area contributed by atoms with Gasteiger partial charge in [-0.3, -0.25) is 9.69 Å². The van der Waals surface area contributed by atoms with Crippen molar-refractivity contribution in [3.8, 4) is 0 Å². The van der Waals surface area contributed by atoms with E-state index in [0.29, 0.717) is 6.42 Å². The standard InChI is InChI=1S/C11H13ClN2O/c1-14-6-8-4-9(12)3-2-7(8)5-10(14)11(13)15/h2-4,10H,5-6H2,1H3,(H2,13,15). The smallest absolute Gasteiger partial charge is 0.235 e. The maximum atomic E-state index is 11.2. The van der Waals surface area contributed by atoms with E-state index in [1.807, 2.05) is 30.1 Å². The van der Waals surface area contributed by atoms with E-state index < -0.39 is 0 Å². The number of nitrogens with zero attached hydrogens (tertiary/aromatic N) is 1. The van der Waals surface area contributed by atoms with Gasteiger partial charge < -0.3 is 5.73 Å². The highest BCUT2D eigenvalue weighted by Crippen LogP contribution is 2.24. The highest BCUT2D eigenvalue weighted by atomic mass is 35.5. The molecule has 1 amide bonds. The second-order valence-electron chi connectivity index (χ2n) is 3.95. The van der Waals surface area contributed by atoms with E-state index in [1.54, 1.807) is 0 Å². The van der Waals surface area contributed by atoms with Gasteiger partial charge in [-0.15, -0.1) is 0 Å². The quantitative estimate of drug-likeness (QED) is 0.779. The molecule has 15 heavy (non-hydrogen) atoms. The number of hydrogen-bond acceptors (Lipinski definition) is 2. The van der Waals surface area contributed by atoms with Gasteiger partial charge in [0, 0.05) is 11.6 Å². The van der Waals surface area contributed by atoms with Crippen LogP contribution in [0.25, 0.3) is 0 Å². The fourth-order valence-electron chi connectivity index (χ4n) is 2.00. The van der Waals surface area contributed by atoms with E-state index in [4.69, 9.17) is 17.3 Å². The van der Waals surface area contributed by atoms with E-state index in [2.05, 4.69) is 0 Å². The Morgan fingerprint density at radius 1 is 1.53 bits per heavy atom. The second-order valence-corrected chi connectivity index (χ2v) is 4.39. The molecule has 0 fully saturated rings. The van der Waals surface area contributed by atoms with Crippen molar-refractivity contribution in [2.75, 3.05) is 7.05 Å². The summed E-state index contributed by atoms with van der Waals surface area (Å²) in [5.41, 5.74) is 7.69. The van der Waals surface area contributed by atoms with Crippen LogP contribution in [0.1, 0.15) is 11.1 Å². The molecule has 80 valence electrons. The van der Waals surface area contributed by atoms with Crippen LogP contribution in [0.5, 0.6) is 0 Å². The van der Waals surface area contributed by atoms with Crippen molar-refractivity contribution in [1.82, 2.24) is 4.90 Å². The Balaban J connectivity index is 2.33. The van der Waals surface area contributed by atoms with Crippen molar-refractivity contribution in [2.24, 2.45) is 5.73 Å². The number of nitrogens with two attached hydrogens (primary N) is 1. The minimum absolute atomic E-state index is 0.196. The zero-order valence-corrected chi connectivity index (χ0v) is 9.29. The zero-order valence-electron chi connectivity index (χ0n) is 8.53. The van der Waals surface area contributed by atoms with Crippen LogP contribution in [0.15, 0.2) is 18.2 Å². The van der Waals surface area contributed by atoms with Gasteiger partial charge in [0.25, 0.3) is 0 Å². The van der Waals surface area contributed by atoms with E-state index in [9.17, 15) is 4.79 Å². The van der Waals surface area contributed by atoms with Crippen molar-refractivity contribution in [2.45, 2.75) is 19.0 Å². The van der Waals surface area contributed by atoms with Gasteiger partial charge in [0.15, 0.2) is 0 Å². The number of carbonyl (C=O) groups excluding carboxylic acids is 1. The minimum Gasteiger partial charge on any atom is -0.368 e. The van der Waals surface area contributed by atoms with Gasteiger partial charge in [0.05, 0.1) is 6.04 Å². The summed E-state index contributed by atoms with van der Waals surface area (Å²) in [6.07, 6.45) is 0.679. The molecule has 1 aromatic carbocycles. The number of rotatable bonds is 1. The lowest BCUT2D eigenvalue weighted by Crippen LogP contribution is -2.46. The molecule has 1 aliphatic heterocycles. The molecule has 3 nitrogen and oxygen atoms in total. The Kier molecular flexibility index (Phi) is 2.67. The summed E-state index contributed by atoms with van der Waals surface area (Å²) in [5, 5.41) is 0.736. The lowest BCUT2D eigenvalue weighted by molar-refractivity contribution is -0.123. The first-order valence-electron chi connectivity index (χ1n) is 4.85. The summed E-state index contributed by atoms with van der Waals surface area (Å²) in [7, 11) is 1.90. The molecule has 2 N–H and O–H groups in total. The summed E-state index contributed by atoms with van der Waals surface area (Å²) in [6.45, 7) is 0.726. The molecule has 0 aromatic heterocycles. The summed E-state index contributed by atoms with van der Waals surface area (Å²) < 4.78 is 0. The SMILES string of the molecule is CN1Cc2cc(Cl)ccc2CC1C(N)=O. The summed E-state index contributed by atoms with van der Waals surface area (Å²) in [4.78, 5) is 13.2. The first kappa shape index (κ1) is 10.5. The molecule has 4 heteroatoms. The van der Waals surface area contributed by atoms with E-state index in [0.717, 1.165) is 11.6 Å². The fraction of sp³-hybridized carbons (Fsp3) is 0.364. The molecular formula is C11H13ClN2O. The van der Waals surface area contributed by atoms with Crippen LogP contribution in [0.4, 0.5) is 0 Å². The lowest BCUT2D eigenvalue weighted by Gasteiger charge is -2.31. The van der Waals surface area contributed by atoms with Gasteiger partial charge in [-0.1, -0.05) is 17.7 Å². The van der Waals surface area contributed by atoms with E-state index in [1.165, 1.54) is 11.1 Å². The lowest BCUT2D eigenvalue weighted by atomic mass is 9.94. The highest BCUT2D eigenvalue weighted by molar-refractivity contribution is 6.30. The number of benzene rings is 1. The van der Waals surface area contributed by atoms with Gasteiger partial charge in [-0.25, -0.2) is 0 Å². The Labute approximate surface area is 93.8 Å². The van der Waals surface area contributed by atoms with Gasteiger partial charge >= 0.3 is 0 Å². The number of fused-ring (bicyclic) bond motifs is 1. The predicted octanol–water partition coefficient (Wildman–Crippen LogP) is 1.18. The first-order chi connectivity index (χ1) is 7.08. The maximum Gasteiger partial charge on any atom is 0.235 e. The van der Waals surface area contributed by atoms with Crippen LogP contribution in [-0.2, 0) is 17.8 Å². The topological polar surface area (TPSA) is 46.3 Å². The Bertz CT molecular complexity index is 406. The summed E-state index contributed by atoms with van der Waals surface area (Å²) >= 11 is 5.91. The first-order valence-corrected chi connectivity index (χ1v) is 5.22. The normalized spacial score (nSPS) is 21.1. The van der Waals surface area contributed by atoms with Crippen molar-refractivity contribution >= 4 is 17.5 Å². The molecule has 0 radical (unpaired) electrons. The Morgan fingerprint density at radius 3 is 2.93 bits per heavy atom. The third kappa shape index (κ3) is 1.98. The molecular weight excluding hydrogens is 212 g/mol. The monoisotopic (exact) mass is 224 g/mol. The number of carbonyl (C=O) groups is 1. The molecule has 0 saturated carbocycles. The number of likely N-dealkylation sites (N-methyl/N-ethyl adjacent to an activating group) is 1. The van der Waals surface area contributed by atoms with Crippen LogP contribution in [0, 0.1) is 0 Å².